The highest BCUT2D eigenvalue weighted by atomic mass is 16.5. The molecule has 0 saturated carbocycles. The molecule has 7 heteroatoms. The molecule has 0 spiro atoms. The van der Waals surface area contributed by atoms with E-state index in [4.69, 9.17) is 14.2 Å². The van der Waals surface area contributed by atoms with Crippen molar-refractivity contribution in [2.75, 3.05) is 13.2 Å². The van der Waals surface area contributed by atoms with Crippen molar-refractivity contribution in [3.63, 3.8) is 0 Å². The zero-order valence-electron chi connectivity index (χ0n) is 17.4. The SMILES string of the molecule is CCOc1cc(C2NC(=O)NC(C)=C2C(=O)OCC(C)C)ccc1OC(C)C. The van der Waals surface area contributed by atoms with E-state index in [1.165, 1.54) is 0 Å². The van der Waals surface area contributed by atoms with Gasteiger partial charge < -0.3 is 24.8 Å². The molecule has 1 aromatic carbocycles. The van der Waals surface area contributed by atoms with Crippen molar-refractivity contribution in [1.82, 2.24) is 10.6 Å². The number of allylic oxidation sites excluding steroid dienone is 1. The van der Waals surface area contributed by atoms with Gasteiger partial charge in [-0.25, -0.2) is 9.59 Å². The van der Waals surface area contributed by atoms with E-state index in [-0.39, 0.29) is 18.1 Å². The molecule has 28 heavy (non-hydrogen) atoms. The van der Waals surface area contributed by atoms with Crippen molar-refractivity contribution < 1.29 is 23.8 Å². The lowest BCUT2D eigenvalue weighted by Crippen LogP contribution is -2.45. The van der Waals surface area contributed by atoms with Gasteiger partial charge in [-0.05, 0) is 51.3 Å². The van der Waals surface area contributed by atoms with Crippen molar-refractivity contribution in [3.05, 3.63) is 35.0 Å². The molecule has 0 fully saturated rings. The van der Waals surface area contributed by atoms with Crippen LogP contribution in [-0.4, -0.2) is 31.3 Å². The van der Waals surface area contributed by atoms with Gasteiger partial charge in [-0.1, -0.05) is 19.9 Å². The molecule has 2 amide bonds. The average molecular weight is 390 g/mol. The molecular weight excluding hydrogens is 360 g/mol. The number of carbonyl (C=O) groups is 2. The number of hydrogen-bond donors (Lipinski definition) is 2. The Morgan fingerprint density at radius 2 is 1.89 bits per heavy atom. The predicted molar refractivity (Wildman–Crippen MR) is 106 cm³/mol. The number of carbonyl (C=O) groups excluding carboxylic acids is 2. The Hall–Kier alpha value is -2.70. The summed E-state index contributed by atoms with van der Waals surface area (Å²) in [5, 5.41) is 5.45. The number of amides is 2. The van der Waals surface area contributed by atoms with Crippen LogP contribution in [0.5, 0.6) is 11.5 Å². The Bertz CT molecular complexity index is 755. The zero-order chi connectivity index (χ0) is 20.8. The summed E-state index contributed by atoms with van der Waals surface area (Å²) in [4.78, 5) is 24.7. The first kappa shape index (κ1) is 21.6. The maximum absolute atomic E-state index is 12.7. The van der Waals surface area contributed by atoms with Crippen LogP contribution in [0.25, 0.3) is 0 Å². The van der Waals surface area contributed by atoms with Crippen LogP contribution in [-0.2, 0) is 9.53 Å². The van der Waals surface area contributed by atoms with Gasteiger partial charge in [0, 0.05) is 5.70 Å². The smallest absolute Gasteiger partial charge is 0.338 e. The molecular formula is C21H30N2O5. The summed E-state index contributed by atoms with van der Waals surface area (Å²) in [6.07, 6.45) is -0.00708. The quantitative estimate of drug-likeness (QED) is 0.661. The van der Waals surface area contributed by atoms with Gasteiger partial charge in [0.05, 0.1) is 30.9 Å². The van der Waals surface area contributed by atoms with Gasteiger partial charge in [0.2, 0.25) is 0 Å². The number of rotatable bonds is 8. The van der Waals surface area contributed by atoms with Crippen molar-refractivity contribution in [1.29, 1.82) is 0 Å². The molecule has 154 valence electrons. The molecule has 7 nitrogen and oxygen atoms in total. The molecule has 1 aromatic rings. The third kappa shape index (κ3) is 5.41. The molecule has 0 saturated heterocycles. The summed E-state index contributed by atoms with van der Waals surface area (Å²) in [5.41, 5.74) is 1.56. The Labute approximate surface area is 166 Å². The van der Waals surface area contributed by atoms with E-state index in [1.54, 1.807) is 19.1 Å². The number of hydrogen-bond acceptors (Lipinski definition) is 5. The summed E-state index contributed by atoms with van der Waals surface area (Å²) in [6, 6.07) is 4.39. The first-order valence-corrected chi connectivity index (χ1v) is 9.61. The molecule has 1 aliphatic heterocycles. The average Bonchev–Trinajstić information content (AvgIpc) is 2.60. The largest absolute Gasteiger partial charge is 0.490 e. The van der Waals surface area contributed by atoms with E-state index in [9.17, 15) is 9.59 Å². The summed E-state index contributed by atoms with van der Waals surface area (Å²) in [5.74, 6) is 0.940. The molecule has 2 N–H and O–H groups in total. The molecule has 1 aliphatic rings. The third-order valence-corrected chi connectivity index (χ3v) is 4.00. The van der Waals surface area contributed by atoms with E-state index < -0.39 is 12.0 Å². The number of urea groups is 1. The van der Waals surface area contributed by atoms with E-state index in [0.717, 1.165) is 0 Å². The lowest BCUT2D eigenvalue weighted by molar-refractivity contribution is -0.140. The zero-order valence-corrected chi connectivity index (χ0v) is 17.4. The van der Waals surface area contributed by atoms with E-state index in [1.807, 2.05) is 40.7 Å². The predicted octanol–water partition coefficient (Wildman–Crippen LogP) is 3.70. The Morgan fingerprint density at radius 3 is 2.50 bits per heavy atom. The number of nitrogens with one attached hydrogen (secondary N) is 2. The molecule has 0 aromatic heterocycles. The first-order valence-electron chi connectivity index (χ1n) is 9.61. The maximum atomic E-state index is 12.7. The lowest BCUT2D eigenvalue weighted by atomic mass is 9.95. The van der Waals surface area contributed by atoms with Gasteiger partial charge in [-0.3, -0.25) is 0 Å². The topological polar surface area (TPSA) is 85.9 Å². The highest BCUT2D eigenvalue weighted by Crippen LogP contribution is 2.35. The highest BCUT2D eigenvalue weighted by molar-refractivity contribution is 5.95. The van der Waals surface area contributed by atoms with Crippen LogP contribution in [0.1, 0.15) is 53.1 Å². The number of ether oxygens (including phenoxy) is 3. The standard InChI is InChI=1S/C21H30N2O5/c1-7-26-17-10-15(8-9-16(17)28-13(4)5)19-18(14(6)22-21(25)23-19)20(24)27-11-12(2)3/h8-10,12-13,19H,7,11H2,1-6H3,(H2,22,23,25). The molecule has 1 unspecified atom stereocenters. The maximum Gasteiger partial charge on any atom is 0.338 e. The van der Waals surface area contributed by atoms with Gasteiger partial charge >= 0.3 is 12.0 Å². The molecule has 1 heterocycles. The minimum atomic E-state index is -0.638. The number of benzene rings is 1. The van der Waals surface area contributed by atoms with Crippen LogP contribution >= 0.6 is 0 Å². The van der Waals surface area contributed by atoms with Gasteiger partial charge in [-0.2, -0.15) is 0 Å². The lowest BCUT2D eigenvalue weighted by Gasteiger charge is -2.29. The minimum absolute atomic E-state index is 0.00708. The fourth-order valence-electron chi connectivity index (χ4n) is 2.86. The van der Waals surface area contributed by atoms with E-state index in [2.05, 4.69) is 10.6 Å². The van der Waals surface area contributed by atoms with Crippen molar-refractivity contribution in [2.45, 2.75) is 53.7 Å². The second-order valence-electron chi connectivity index (χ2n) is 7.37. The van der Waals surface area contributed by atoms with E-state index in [0.29, 0.717) is 41.5 Å². The fourth-order valence-corrected chi connectivity index (χ4v) is 2.86. The summed E-state index contributed by atoms with van der Waals surface area (Å²) in [7, 11) is 0. The van der Waals surface area contributed by atoms with Gasteiger partial charge in [0.15, 0.2) is 11.5 Å². The first-order chi connectivity index (χ1) is 13.2. The second-order valence-corrected chi connectivity index (χ2v) is 7.37. The summed E-state index contributed by atoms with van der Waals surface area (Å²) < 4.78 is 16.9. The van der Waals surface area contributed by atoms with Crippen LogP contribution < -0.4 is 20.1 Å². The molecule has 2 rings (SSSR count). The van der Waals surface area contributed by atoms with E-state index >= 15 is 0 Å². The summed E-state index contributed by atoms with van der Waals surface area (Å²) in [6.45, 7) is 12.2. The minimum Gasteiger partial charge on any atom is -0.490 e. The van der Waals surface area contributed by atoms with Crippen LogP contribution in [0.4, 0.5) is 4.79 Å². The Balaban J connectivity index is 2.41. The van der Waals surface area contributed by atoms with Crippen molar-refractivity contribution >= 4 is 12.0 Å². The highest BCUT2D eigenvalue weighted by Gasteiger charge is 2.33. The molecule has 0 bridgehead atoms. The molecule has 1 atom stereocenters. The molecule has 0 radical (unpaired) electrons. The normalized spacial score (nSPS) is 16.7. The van der Waals surface area contributed by atoms with Gasteiger partial charge in [0.25, 0.3) is 0 Å². The Morgan fingerprint density at radius 1 is 1.18 bits per heavy atom. The van der Waals surface area contributed by atoms with Crippen molar-refractivity contribution in [2.24, 2.45) is 5.92 Å². The number of esters is 1. The molecule has 0 aliphatic carbocycles. The third-order valence-electron chi connectivity index (χ3n) is 4.00. The van der Waals surface area contributed by atoms with Crippen LogP contribution in [0.2, 0.25) is 0 Å². The van der Waals surface area contributed by atoms with Gasteiger partial charge in [0.1, 0.15) is 0 Å². The van der Waals surface area contributed by atoms with Crippen LogP contribution in [0.3, 0.4) is 0 Å². The van der Waals surface area contributed by atoms with Gasteiger partial charge in [-0.15, -0.1) is 0 Å². The fraction of sp³-hybridized carbons (Fsp3) is 0.524. The Kier molecular flexibility index (Phi) is 7.31. The van der Waals surface area contributed by atoms with Crippen molar-refractivity contribution in [3.8, 4) is 11.5 Å². The second kappa shape index (κ2) is 9.48. The summed E-state index contributed by atoms with van der Waals surface area (Å²) >= 11 is 0. The van der Waals surface area contributed by atoms with Crippen LogP contribution in [0, 0.1) is 5.92 Å². The van der Waals surface area contributed by atoms with Crippen LogP contribution in [0.15, 0.2) is 29.5 Å². The monoisotopic (exact) mass is 390 g/mol.